The maximum absolute atomic E-state index is 12.4. The fourth-order valence-corrected chi connectivity index (χ4v) is 3.19. The first-order chi connectivity index (χ1) is 8.97. The van der Waals surface area contributed by atoms with Crippen LogP contribution in [0.25, 0.3) is 0 Å². The third-order valence-corrected chi connectivity index (χ3v) is 4.63. The number of likely N-dealkylation sites (tertiary alicyclic amines) is 1. The lowest BCUT2D eigenvalue weighted by molar-refractivity contribution is -0.138. The summed E-state index contributed by atoms with van der Waals surface area (Å²) in [5, 5.41) is 8.79. The first-order valence-corrected chi connectivity index (χ1v) is 7.80. The lowest BCUT2D eigenvalue weighted by Crippen LogP contribution is -2.29. The van der Waals surface area contributed by atoms with Crippen LogP contribution in [-0.2, 0) is 4.79 Å². The van der Waals surface area contributed by atoms with Crippen LogP contribution in [0.3, 0.4) is 0 Å². The highest BCUT2D eigenvalue weighted by Gasteiger charge is 2.29. The normalized spacial score (nSPS) is 18.6. The molecule has 0 saturated carbocycles. The number of hydrogen-bond donors (Lipinski definition) is 1. The molecule has 1 fully saturated rings. The number of amides is 1. The van der Waals surface area contributed by atoms with E-state index in [1.807, 2.05) is 18.2 Å². The van der Waals surface area contributed by atoms with Crippen LogP contribution in [-0.4, -0.2) is 35.0 Å². The van der Waals surface area contributed by atoms with E-state index < -0.39 is 5.97 Å². The maximum Gasteiger partial charge on any atom is 0.303 e. The minimum absolute atomic E-state index is 0.0152. The molecule has 102 valence electrons. The summed E-state index contributed by atoms with van der Waals surface area (Å²) in [4.78, 5) is 24.8. The van der Waals surface area contributed by atoms with Gasteiger partial charge in [-0.1, -0.05) is 15.9 Å². The Labute approximate surface area is 133 Å². The largest absolute Gasteiger partial charge is 0.481 e. The zero-order chi connectivity index (χ0) is 14.0. The number of carbonyl (C=O) groups excluding carboxylic acids is 1. The maximum atomic E-state index is 12.4. The minimum Gasteiger partial charge on any atom is -0.481 e. The summed E-state index contributed by atoms with van der Waals surface area (Å²) < 4.78 is 1.78. The molecule has 19 heavy (non-hydrogen) atoms. The molecule has 1 amide bonds. The number of carboxylic acid groups (broad SMARTS) is 1. The Morgan fingerprint density at radius 2 is 2.21 bits per heavy atom. The summed E-state index contributed by atoms with van der Waals surface area (Å²) in [6.07, 6.45) is 0.905. The molecule has 1 aliphatic heterocycles. The molecule has 0 bridgehead atoms. The first-order valence-electron chi connectivity index (χ1n) is 5.93. The standard InChI is InChI=1S/C13H13BrINO3/c14-9-1-2-11(15)10(6-9)13(19)16-4-3-8(7-16)5-12(17)18/h1-2,6,8H,3-5,7H2,(H,17,18). The molecule has 0 spiro atoms. The van der Waals surface area contributed by atoms with Crippen LogP contribution < -0.4 is 0 Å². The average molecular weight is 438 g/mol. The van der Waals surface area contributed by atoms with Gasteiger partial charge in [0.1, 0.15) is 0 Å². The predicted molar refractivity (Wildman–Crippen MR) is 83.1 cm³/mol. The van der Waals surface area contributed by atoms with E-state index in [0.717, 1.165) is 14.5 Å². The topological polar surface area (TPSA) is 57.6 Å². The van der Waals surface area contributed by atoms with Gasteiger partial charge in [-0.05, 0) is 53.1 Å². The van der Waals surface area contributed by atoms with Crippen molar-refractivity contribution in [3.63, 3.8) is 0 Å². The van der Waals surface area contributed by atoms with Crippen molar-refractivity contribution < 1.29 is 14.7 Å². The molecule has 1 N–H and O–H groups in total. The van der Waals surface area contributed by atoms with Crippen molar-refractivity contribution in [2.45, 2.75) is 12.8 Å². The molecule has 0 aliphatic carbocycles. The SMILES string of the molecule is O=C(O)CC1CCN(C(=O)c2cc(Br)ccc2I)C1. The highest BCUT2D eigenvalue weighted by molar-refractivity contribution is 14.1. The van der Waals surface area contributed by atoms with E-state index in [0.29, 0.717) is 18.7 Å². The molecule has 1 aromatic rings. The molecule has 4 nitrogen and oxygen atoms in total. The lowest BCUT2D eigenvalue weighted by atomic mass is 10.1. The van der Waals surface area contributed by atoms with Gasteiger partial charge in [0.25, 0.3) is 5.91 Å². The molecule has 0 aromatic heterocycles. The van der Waals surface area contributed by atoms with E-state index in [1.165, 1.54) is 0 Å². The van der Waals surface area contributed by atoms with Gasteiger partial charge >= 0.3 is 5.97 Å². The number of halogens is 2. The quantitative estimate of drug-likeness (QED) is 0.739. The summed E-state index contributed by atoms with van der Waals surface area (Å²) in [5.74, 6) is -0.735. The Bertz CT molecular complexity index is 521. The van der Waals surface area contributed by atoms with Gasteiger partial charge in [0.2, 0.25) is 0 Å². The zero-order valence-electron chi connectivity index (χ0n) is 10.1. The van der Waals surface area contributed by atoms with E-state index in [2.05, 4.69) is 38.5 Å². The number of benzene rings is 1. The van der Waals surface area contributed by atoms with Gasteiger partial charge in [-0.25, -0.2) is 0 Å². The molecule has 1 atom stereocenters. The number of aliphatic carboxylic acids is 1. The van der Waals surface area contributed by atoms with E-state index in [4.69, 9.17) is 5.11 Å². The summed E-state index contributed by atoms with van der Waals surface area (Å²) in [6.45, 7) is 1.17. The van der Waals surface area contributed by atoms with Crippen molar-refractivity contribution in [3.05, 3.63) is 31.8 Å². The van der Waals surface area contributed by atoms with Gasteiger partial charge < -0.3 is 10.0 Å². The van der Waals surface area contributed by atoms with Gasteiger partial charge in [-0.15, -0.1) is 0 Å². The lowest BCUT2D eigenvalue weighted by Gasteiger charge is -2.17. The third-order valence-electron chi connectivity index (χ3n) is 3.20. The van der Waals surface area contributed by atoms with Crippen molar-refractivity contribution >= 4 is 50.4 Å². The minimum atomic E-state index is -0.795. The molecule has 1 aliphatic rings. The Morgan fingerprint density at radius 3 is 2.89 bits per heavy atom. The van der Waals surface area contributed by atoms with Crippen LogP contribution >= 0.6 is 38.5 Å². The number of carboxylic acids is 1. The van der Waals surface area contributed by atoms with Crippen molar-refractivity contribution in [3.8, 4) is 0 Å². The molecule has 1 heterocycles. The molecule has 1 saturated heterocycles. The first kappa shape index (κ1) is 14.8. The smallest absolute Gasteiger partial charge is 0.303 e. The molecular weight excluding hydrogens is 425 g/mol. The second kappa shape index (κ2) is 6.21. The summed E-state index contributed by atoms with van der Waals surface area (Å²) in [5.41, 5.74) is 0.672. The summed E-state index contributed by atoms with van der Waals surface area (Å²) in [7, 11) is 0. The molecule has 1 unspecified atom stereocenters. The Hall–Kier alpha value is -0.630. The number of carbonyl (C=O) groups is 2. The Balaban J connectivity index is 2.09. The van der Waals surface area contributed by atoms with Crippen molar-refractivity contribution in [2.75, 3.05) is 13.1 Å². The molecule has 1 aromatic carbocycles. The van der Waals surface area contributed by atoms with E-state index in [-0.39, 0.29) is 18.2 Å². The van der Waals surface area contributed by atoms with Crippen LogP contribution in [0.2, 0.25) is 0 Å². The van der Waals surface area contributed by atoms with Gasteiger partial charge in [0.05, 0.1) is 5.56 Å². The van der Waals surface area contributed by atoms with Gasteiger partial charge in [0, 0.05) is 27.6 Å². The van der Waals surface area contributed by atoms with Crippen LogP contribution in [0.15, 0.2) is 22.7 Å². The van der Waals surface area contributed by atoms with Crippen LogP contribution in [0.1, 0.15) is 23.2 Å². The molecule has 2 rings (SSSR count). The molecule has 6 heteroatoms. The van der Waals surface area contributed by atoms with Crippen LogP contribution in [0.4, 0.5) is 0 Å². The molecule has 0 radical (unpaired) electrons. The molecular formula is C13H13BrINO3. The van der Waals surface area contributed by atoms with Crippen LogP contribution in [0, 0.1) is 9.49 Å². The van der Waals surface area contributed by atoms with Crippen molar-refractivity contribution in [1.82, 2.24) is 4.90 Å². The van der Waals surface area contributed by atoms with Gasteiger partial charge in [-0.2, -0.15) is 0 Å². The second-order valence-electron chi connectivity index (χ2n) is 4.63. The number of hydrogen-bond acceptors (Lipinski definition) is 2. The number of nitrogens with zero attached hydrogens (tertiary/aromatic N) is 1. The zero-order valence-corrected chi connectivity index (χ0v) is 13.8. The van der Waals surface area contributed by atoms with Crippen LogP contribution in [0.5, 0.6) is 0 Å². The number of rotatable bonds is 3. The van der Waals surface area contributed by atoms with Crippen molar-refractivity contribution in [1.29, 1.82) is 0 Å². The monoisotopic (exact) mass is 437 g/mol. The summed E-state index contributed by atoms with van der Waals surface area (Å²) >= 11 is 5.51. The Kier molecular flexibility index (Phi) is 4.83. The highest BCUT2D eigenvalue weighted by atomic mass is 127. The fraction of sp³-hybridized carbons (Fsp3) is 0.385. The Morgan fingerprint density at radius 1 is 1.47 bits per heavy atom. The second-order valence-corrected chi connectivity index (χ2v) is 6.71. The fourth-order valence-electron chi connectivity index (χ4n) is 2.26. The van der Waals surface area contributed by atoms with Gasteiger partial charge in [-0.3, -0.25) is 9.59 Å². The van der Waals surface area contributed by atoms with Crippen molar-refractivity contribution in [2.24, 2.45) is 5.92 Å². The average Bonchev–Trinajstić information content (AvgIpc) is 2.79. The predicted octanol–water partition coefficient (Wildman–Crippen LogP) is 2.99. The van der Waals surface area contributed by atoms with Gasteiger partial charge in [0.15, 0.2) is 0 Å². The van der Waals surface area contributed by atoms with E-state index >= 15 is 0 Å². The highest BCUT2D eigenvalue weighted by Crippen LogP contribution is 2.25. The summed E-state index contributed by atoms with van der Waals surface area (Å²) in [6, 6.07) is 5.60. The van der Waals surface area contributed by atoms with E-state index in [1.54, 1.807) is 4.90 Å². The third kappa shape index (κ3) is 3.68. The van der Waals surface area contributed by atoms with E-state index in [9.17, 15) is 9.59 Å².